The average molecular weight is 283 g/mol. The lowest BCUT2D eigenvalue weighted by Crippen LogP contribution is -1.94. The van der Waals surface area contributed by atoms with Crippen molar-refractivity contribution in [2.24, 2.45) is 5.73 Å². The van der Waals surface area contributed by atoms with Gasteiger partial charge in [0.2, 0.25) is 0 Å². The molecular formula is C17H17NOS. The highest BCUT2D eigenvalue weighted by atomic mass is 32.1. The van der Waals surface area contributed by atoms with Gasteiger partial charge in [0.15, 0.2) is 0 Å². The van der Waals surface area contributed by atoms with Crippen LogP contribution in [0, 0.1) is 6.92 Å². The summed E-state index contributed by atoms with van der Waals surface area (Å²) in [6.07, 6.45) is 0. The maximum absolute atomic E-state index is 5.89. The second kappa shape index (κ2) is 5.65. The van der Waals surface area contributed by atoms with Crippen LogP contribution in [0.1, 0.15) is 16.0 Å². The SMILES string of the molecule is Cc1ccccc1OCc1cc2cc(CN)ccc2s1. The zero-order valence-corrected chi connectivity index (χ0v) is 12.2. The monoisotopic (exact) mass is 283 g/mol. The molecule has 0 bridgehead atoms. The van der Waals surface area contributed by atoms with Crippen molar-refractivity contribution in [1.29, 1.82) is 0 Å². The molecule has 3 aromatic rings. The fraction of sp³-hybridized carbons (Fsp3) is 0.176. The highest BCUT2D eigenvalue weighted by molar-refractivity contribution is 7.19. The van der Waals surface area contributed by atoms with E-state index in [1.54, 1.807) is 11.3 Å². The molecule has 0 fully saturated rings. The molecule has 0 saturated carbocycles. The molecule has 3 rings (SSSR count). The normalized spacial score (nSPS) is 10.9. The molecule has 20 heavy (non-hydrogen) atoms. The summed E-state index contributed by atoms with van der Waals surface area (Å²) >= 11 is 1.78. The van der Waals surface area contributed by atoms with E-state index in [2.05, 4.69) is 37.3 Å². The van der Waals surface area contributed by atoms with Gasteiger partial charge in [0.1, 0.15) is 12.4 Å². The number of aryl methyl sites for hydroxylation is 1. The molecule has 3 heteroatoms. The van der Waals surface area contributed by atoms with Gasteiger partial charge in [-0.25, -0.2) is 0 Å². The Balaban J connectivity index is 1.79. The minimum atomic E-state index is 0.584. The quantitative estimate of drug-likeness (QED) is 0.777. The molecule has 0 aliphatic carbocycles. The van der Waals surface area contributed by atoms with Crippen LogP contribution in [0.5, 0.6) is 5.75 Å². The number of nitrogens with two attached hydrogens (primary N) is 1. The van der Waals surface area contributed by atoms with Gasteiger partial charge in [-0.2, -0.15) is 0 Å². The standard InChI is InChI=1S/C17H17NOS/c1-12-4-2-3-5-16(12)19-11-15-9-14-8-13(10-18)6-7-17(14)20-15/h2-9H,10-11,18H2,1H3. The molecule has 2 aromatic carbocycles. The Hall–Kier alpha value is -1.84. The average Bonchev–Trinajstić information content (AvgIpc) is 2.88. The molecular weight excluding hydrogens is 266 g/mol. The van der Waals surface area contributed by atoms with Crippen molar-refractivity contribution in [3.8, 4) is 5.75 Å². The largest absolute Gasteiger partial charge is 0.488 e. The molecule has 0 radical (unpaired) electrons. The van der Waals surface area contributed by atoms with Crippen LogP contribution in [-0.4, -0.2) is 0 Å². The molecule has 0 spiro atoms. The molecule has 1 aromatic heterocycles. The van der Waals surface area contributed by atoms with Crippen LogP contribution >= 0.6 is 11.3 Å². The molecule has 0 unspecified atom stereocenters. The van der Waals surface area contributed by atoms with Crippen LogP contribution in [0.4, 0.5) is 0 Å². The topological polar surface area (TPSA) is 35.2 Å². The van der Waals surface area contributed by atoms with Gasteiger partial charge in [0.25, 0.3) is 0 Å². The highest BCUT2D eigenvalue weighted by Gasteiger charge is 2.04. The Morgan fingerprint density at radius 3 is 2.75 bits per heavy atom. The molecule has 1 heterocycles. The summed E-state index contributed by atoms with van der Waals surface area (Å²) in [6.45, 7) is 3.26. The Morgan fingerprint density at radius 1 is 1.10 bits per heavy atom. The molecule has 0 saturated heterocycles. The Kier molecular flexibility index (Phi) is 3.72. The van der Waals surface area contributed by atoms with Crippen molar-refractivity contribution in [3.05, 3.63) is 64.5 Å². The third kappa shape index (κ3) is 2.69. The first-order chi connectivity index (χ1) is 9.76. The Labute approximate surface area is 122 Å². The number of thiophene rings is 1. The van der Waals surface area contributed by atoms with E-state index in [0.29, 0.717) is 13.2 Å². The lowest BCUT2D eigenvalue weighted by molar-refractivity contribution is 0.308. The van der Waals surface area contributed by atoms with Crippen LogP contribution < -0.4 is 10.5 Å². The fourth-order valence-electron chi connectivity index (χ4n) is 2.21. The number of hydrogen-bond donors (Lipinski definition) is 1. The Morgan fingerprint density at radius 2 is 1.95 bits per heavy atom. The first-order valence-electron chi connectivity index (χ1n) is 6.66. The second-order valence-corrected chi connectivity index (χ2v) is 6.01. The summed E-state index contributed by atoms with van der Waals surface area (Å²) in [5.41, 5.74) is 8.01. The summed E-state index contributed by atoms with van der Waals surface area (Å²) < 4.78 is 7.18. The number of rotatable bonds is 4. The van der Waals surface area contributed by atoms with Gasteiger partial charge in [0.05, 0.1) is 0 Å². The van der Waals surface area contributed by atoms with Gasteiger partial charge >= 0.3 is 0 Å². The second-order valence-electron chi connectivity index (χ2n) is 4.84. The molecule has 0 amide bonds. The van der Waals surface area contributed by atoms with Crippen LogP contribution in [0.3, 0.4) is 0 Å². The summed E-state index contributed by atoms with van der Waals surface area (Å²) in [5.74, 6) is 0.951. The lowest BCUT2D eigenvalue weighted by Gasteiger charge is -2.06. The zero-order valence-electron chi connectivity index (χ0n) is 11.4. The molecule has 2 nitrogen and oxygen atoms in total. The van der Waals surface area contributed by atoms with E-state index in [1.165, 1.54) is 26.1 Å². The van der Waals surface area contributed by atoms with Crippen LogP contribution in [0.15, 0.2) is 48.5 Å². The van der Waals surface area contributed by atoms with E-state index >= 15 is 0 Å². The van der Waals surface area contributed by atoms with E-state index in [-0.39, 0.29) is 0 Å². The van der Waals surface area contributed by atoms with Gasteiger partial charge in [-0.15, -0.1) is 11.3 Å². The zero-order chi connectivity index (χ0) is 13.9. The molecule has 0 aliphatic rings. The molecule has 0 aliphatic heterocycles. The maximum Gasteiger partial charge on any atom is 0.122 e. The van der Waals surface area contributed by atoms with E-state index in [1.807, 2.05) is 18.2 Å². The van der Waals surface area contributed by atoms with Gasteiger partial charge < -0.3 is 10.5 Å². The van der Waals surface area contributed by atoms with E-state index < -0.39 is 0 Å². The lowest BCUT2D eigenvalue weighted by atomic mass is 10.1. The van der Waals surface area contributed by atoms with E-state index in [4.69, 9.17) is 10.5 Å². The van der Waals surface area contributed by atoms with Crippen LogP contribution in [0.2, 0.25) is 0 Å². The highest BCUT2D eigenvalue weighted by Crippen LogP contribution is 2.28. The van der Waals surface area contributed by atoms with Crippen molar-refractivity contribution in [2.75, 3.05) is 0 Å². The number of ether oxygens (including phenoxy) is 1. The Bertz CT molecular complexity index is 733. The fourth-order valence-corrected chi connectivity index (χ4v) is 3.17. The predicted molar refractivity (Wildman–Crippen MR) is 85.2 cm³/mol. The van der Waals surface area contributed by atoms with Gasteiger partial charge in [0, 0.05) is 16.1 Å². The van der Waals surface area contributed by atoms with Crippen LogP contribution in [-0.2, 0) is 13.2 Å². The maximum atomic E-state index is 5.89. The van der Waals surface area contributed by atoms with Crippen molar-refractivity contribution >= 4 is 21.4 Å². The van der Waals surface area contributed by atoms with E-state index in [0.717, 1.165) is 5.75 Å². The molecule has 102 valence electrons. The number of benzene rings is 2. The van der Waals surface area contributed by atoms with Gasteiger partial charge in [-0.05, 0) is 47.7 Å². The predicted octanol–water partition coefficient (Wildman–Crippen LogP) is 4.25. The van der Waals surface area contributed by atoms with Gasteiger partial charge in [-0.1, -0.05) is 24.3 Å². The third-order valence-corrected chi connectivity index (χ3v) is 4.42. The molecule has 2 N–H and O–H groups in total. The van der Waals surface area contributed by atoms with Crippen molar-refractivity contribution < 1.29 is 4.74 Å². The van der Waals surface area contributed by atoms with Crippen molar-refractivity contribution in [3.63, 3.8) is 0 Å². The summed E-state index contributed by atoms with van der Waals surface area (Å²) in [4.78, 5) is 1.23. The van der Waals surface area contributed by atoms with Crippen molar-refractivity contribution in [2.45, 2.75) is 20.1 Å². The molecule has 0 atom stereocenters. The first kappa shape index (κ1) is 13.2. The first-order valence-corrected chi connectivity index (χ1v) is 7.48. The van der Waals surface area contributed by atoms with Crippen LogP contribution in [0.25, 0.3) is 10.1 Å². The smallest absolute Gasteiger partial charge is 0.122 e. The third-order valence-electron chi connectivity index (χ3n) is 3.33. The summed E-state index contributed by atoms with van der Waals surface area (Å²) in [5, 5.41) is 1.25. The summed E-state index contributed by atoms with van der Waals surface area (Å²) in [7, 11) is 0. The number of hydrogen-bond acceptors (Lipinski definition) is 3. The van der Waals surface area contributed by atoms with E-state index in [9.17, 15) is 0 Å². The minimum absolute atomic E-state index is 0.584. The minimum Gasteiger partial charge on any atom is -0.488 e. The summed E-state index contributed by atoms with van der Waals surface area (Å²) in [6, 6.07) is 16.7. The number of para-hydroxylation sites is 1. The number of fused-ring (bicyclic) bond motifs is 1. The van der Waals surface area contributed by atoms with Gasteiger partial charge in [-0.3, -0.25) is 0 Å². The van der Waals surface area contributed by atoms with Crippen molar-refractivity contribution in [1.82, 2.24) is 0 Å².